The number of hydrogen-bond acceptors (Lipinski definition) is 0. The van der Waals surface area contributed by atoms with Gasteiger partial charge in [-0.3, -0.25) is 0 Å². The Morgan fingerprint density at radius 1 is 1.29 bits per heavy atom. The van der Waals surface area contributed by atoms with Crippen LogP contribution >= 0.6 is 11.6 Å². The largest absolute Gasteiger partial charge is 0.352 e. The van der Waals surface area contributed by atoms with Crippen LogP contribution in [0.4, 0.5) is 0 Å². The molecule has 3 heteroatoms. The average molecular weight is 255 g/mol. The molecule has 0 unspecified atom stereocenters. The predicted molar refractivity (Wildman–Crippen MR) is 71.0 cm³/mol. The second kappa shape index (κ2) is 5.85. The minimum Gasteiger partial charge on any atom is -0.352 e. The van der Waals surface area contributed by atoms with Crippen LogP contribution in [0.2, 0.25) is 5.02 Å². The molecule has 1 heterocycles. The molecule has 17 heavy (non-hydrogen) atoms. The van der Waals surface area contributed by atoms with E-state index in [1.165, 1.54) is 31.5 Å². The van der Waals surface area contributed by atoms with Crippen molar-refractivity contribution < 1.29 is 10.6 Å². The van der Waals surface area contributed by atoms with Crippen molar-refractivity contribution in [1.82, 2.24) is 0 Å². The first-order valence-electron chi connectivity index (χ1n) is 6.60. The Labute approximate surface area is 109 Å². The van der Waals surface area contributed by atoms with Crippen molar-refractivity contribution in [2.75, 3.05) is 19.6 Å². The van der Waals surface area contributed by atoms with Crippen molar-refractivity contribution in [3.8, 4) is 0 Å². The van der Waals surface area contributed by atoms with Crippen LogP contribution in [0, 0.1) is 5.92 Å². The summed E-state index contributed by atoms with van der Waals surface area (Å²) in [7, 11) is 0. The highest BCUT2D eigenvalue weighted by Gasteiger charge is 2.28. The summed E-state index contributed by atoms with van der Waals surface area (Å²) in [6.45, 7) is 5.89. The van der Waals surface area contributed by atoms with E-state index >= 15 is 0 Å². The number of halogens is 1. The Bertz CT molecular complexity index is 342. The molecule has 1 atom stereocenters. The summed E-state index contributed by atoms with van der Waals surface area (Å²) >= 11 is 5.94. The Balaban J connectivity index is 2.08. The van der Waals surface area contributed by atoms with E-state index in [0.717, 1.165) is 17.5 Å². The van der Waals surface area contributed by atoms with Gasteiger partial charge >= 0.3 is 0 Å². The lowest BCUT2D eigenvalue weighted by molar-refractivity contribution is -0.943. The third-order valence-corrected chi connectivity index (χ3v) is 4.22. The molecule has 2 rings (SSSR count). The predicted octanol–water partition coefficient (Wildman–Crippen LogP) is 0.938. The molecule has 2 nitrogen and oxygen atoms in total. The van der Waals surface area contributed by atoms with Gasteiger partial charge in [-0.2, -0.15) is 0 Å². The van der Waals surface area contributed by atoms with Crippen LogP contribution < -0.4 is 10.6 Å². The highest BCUT2D eigenvalue weighted by molar-refractivity contribution is 6.30. The van der Waals surface area contributed by atoms with Crippen LogP contribution in [0.3, 0.4) is 0 Å². The summed E-state index contributed by atoms with van der Waals surface area (Å²) in [5.74, 6) is 0.898. The minimum absolute atomic E-state index is 0.541. The van der Waals surface area contributed by atoms with Gasteiger partial charge in [-0.15, -0.1) is 0 Å². The number of benzene rings is 1. The molecule has 1 aliphatic rings. The van der Waals surface area contributed by atoms with Gasteiger partial charge < -0.3 is 10.6 Å². The zero-order valence-corrected chi connectivity index (χ0v) is 11.3. The fourth-order valence-corrected chi connectivity index (χ4v) is 2.91. The van der Waals surface area contributed by atoms with E-state index in [4.69, 9.17) is 11.6 Å². The molecule has 0 amide bonds. The molecule has 0 radical (unpaired) electrons. The van der Waals surface area contributed by atoms with E-state index in [0.29, 0.717) is 6.04 Å². The van der Waals surface area contributed by atoms with Gasteiger partial charge in [0.05, 0.1) is 13.1 Å². The van der Waals surface area contributed by atoms with Crippen LogP contribution in [-0.2, 0) is 0 Å². The van der Waals surface area contributed by atoms with E-state index < -0.39 is 0 Å². The van der Waals surface area contributed by atoms with Crippen LogP contribution in [0.5, 0.6) is 0 Å². The average Bonchev–Trinajstić information content (AvgIpc) is 2.35. The second-order valence-electron chi connectivity index (χ2n) is 5.23. The van der Waals surface area contributed by atoms with Gasteiger partial charge in [-0.05, 0) is 30.9 Å². The quantitative estimate of drug-likeness (QED) is 0.805. The summed E-state index contributed by atoms with van der Waals surface area (Å²) in [5, 5.41) is 0.818. The number of hydrogen-bond donors (Lipinski definition) is 2. The highest BCUT2D eigenvalue weighted by atomic mass is 35.5. The third-order valence-electron chi connectivity index (χ3n) is 3.97. The molecule has 0 spiro atoms. The fourth-order valence-electron chi connectivity index (χ4n) is 2.78. The standard InChI is InChI=1S/C14H21ClN2/c1-11-6-8-17(9-7-11)14(10-16)12-2-4-13(15)5-3-12/h2-5,11,14H,6-10,16H2,1H3/p+2/t14-/m1/s1. The maximum Gasteiger partial charge on any atom is 0.162 e. The van der Waals surface area contributed by atoms with Gasteiger partial charge in [0.1, 0.15) is 6.54 Å². The lowest BCUT2D eigenvalue weighted by Gasteiger charge is -2.32. The smallest absolute Gasteiger partial charge is 0.162 e. The van der Waals surface area contributed by atoms with Crippen LogP contribution in [0.25, 0.3) is 0 Å². The normalized spacial score (nSPS) is 26.8. The maximum absolute atomic E-state index is 5.94. The number of piperidine rings is 1. The molecule has 1 aromatic carbocycles. The minimum atomic E-state index is 0.541. The summed E-state index contributed by atoms with van der Waals surface area (Å²) in [4.78, 5) is 1.69. The Hall–Kier alpha value is -0.570. The van der Waals surface area contributed by atoms with Crippen molar-refractivity contribution in [3.05, 3.63) is 34.9 Å². The van der Waals surface area contributed by atoms with Crippen molar-refractivity contribution in [1.29, 1.82) is 0 Å². The first kappa shape index (κ1) is 12.9. The van der Waals surface area contributed by atoms with Crippen LogP contribution in [0.1, 0.15) is 31.4 Å². The van der Waals surface area contributed by atoms with Gasteiger partial charge in [-0.25, -0.2) is 0 Å². The zero-order chi connectivity index (χ0) is 12.3. The van der Waals surface area contributed by atoms with E-state index in [9.17, 15) is 0 Å². The lowest BCUT2D eigenvalue weighted by Crippen LogP contribution is -3.14. The molecule has 1 aliphatic heterocycles. The Morgan fingerprint density at radius 2 is 1.88 bits per heavy atom. The molecular weight excluding hydrogens is 232 g/mol. The molecule has 0 bridgehead atoms. The Kier molecular flexibility index (Phi) is 4.43. The molecule has 1 aromatic rings. The van der Waals surface area contributed by atoms with E-state index in [2.05, 4.69) is 24.8 Å². The molecule has 4 N–H and O–H groups in total. The van der Waals surface area contributed by atoms with Crippen molar-refractivity contribution in [2.24, 2.45) is 5.92 Å². The second-order valence-corrected chi connectivity index (χ2v) is 5.67. The molecule has 0 aliphatic carbocycles. The van der Waals surface area contributed by atoms with Gasteiger partial charge in [0.15, 0.2) is 6.04 Å². The van der Waals surface area contributed by atoms with E-state index in [-0.39, 0.29) is 0 Å². The van der Waals surface area contributed by atoms with Crippen molar-refractivity contribution >= 4 is 11.6 Å². The van der Waals surface area contributed by atoms with Gasteiger partial charge in [0, 0.05) is 10.6 Å². The molecular formula is C14H23ClN2+2. The monoisotopic (exact) mass is 254 g/mol. The molecule has 1 fully saturated rings. The molecule has 0 aromatic heterocycles. The summed E-state index contributed by atoms with van der Waals surface area (Å²) in [5.41, 5.74) is 5.51. The van der Waals surface area contributed by atoms with Crippen LogP contribution in [0.15, 0.2) is 24.3 Å². The molecule has 0 saturated carbocycles. The summed E-state index contributed by atoms with van der Waals surface area (Å²) < 4.78 is 0. The number of likely N-dealkylation sites (tertiary alicyclic amines) is 1. The maximum atomic E-state index is 5.94. The van der Waals surface area contributed by atoms with Gasteiger partial charge in [0.25, 0.3) is 0 Å². The van der Waals surface area contributed by atoms with Crippen molar-refractivity contribution in [3.63, 3.8) is 0 Å². The number of rotatable bonds is 3. The zero-order valence-electron chi connectivity index (χ0n) is 10.6. The Morgan fingerprint density at radius 3 is 2.41 bits per heavy atom. The fraction of sp³-hybridized carbons (Fsp3) is 0.571. The van der Waals surface area contributed by atoms with E-state index in [1.807, 2.05) is 12.1 Å². The molecule has 1 saturated heterocycles. The third kappa shape index (κ3) is 3.21. The summed E-state index contributed by atoms with van der Waals surface area (Å²) in [6.07, 6.45) is 2.69. The SMILES string of the molecule is CC1CC[NH+]([C@H](C[NH3+])c2ccc(Cl)cc2)CC1. The van der Waals surface area contributed by atoms with E-state index in [1.54, 1.807) is 4.90 Å². The molecule has 94 valence electrons. The lowest BCUT2D eigenvalue weighted by atomic mass is 9.96. The highest BCUT2D eigenvalue weighted by Crippen LogP contribution is 2.15. The number of nitrogens with one attached hydrogen (secondary N) is 1. The first-order chi connectivity index (χ1) is 8.20. The van der Waals surface area contributed by atoms with Crippen LogP contribution in [-0.4, -0.2) is 19.6 Å². The van der Waals surface area contributed by atoms with Gasteiger partial charge in [0.2, 0.25) is 0 Å². The summed E-state index contributed by atoms with van der Waals surface area (Å²) in [6, 6.07) is 8.84. The topological polar surface area (TPSA) is 32.1 Å². The number of quaternary nitrogens is 2. The van der Waals surface area contributed by atoms with Crippen molar-refractivity contribution in [2.45, 2.75) is 25.8 Å². The first-order valence-corrected chi connectivity index (χ1v) is 6.97. The van der Waals surface area contributed by atoms with Gasteiger partial charge in [-0.1, -0.05) is 30.7 Å².